The van der Waals surface area contributed by atoms with Gasteiger partial charge >= 0.3 is 0 Å². The largest absolute Gasteiger partial charge is 0.353 e. The molecule has 0 bridgehead atoms. The number of nitrogens with one attached hydrogen (secondary N) is 1. The maximum atomic E-state index is 12.2. The number of anilines is 1. The van der Waals surface area contributed by atoms with Crippen LogP contribution in [0.3, 0.4) is 0 Å². The average molecular weight is 325 g/mol. The predicted octanol–water partition coefficient (Wildman–Crippen LogP) is 0.780. The number of fused-ring (bicyclic) bond motifs is 1. The fraction of sp³-hybridized carbons (Fsp3) is 0.375. The van der Waals surface area contributed by atoms with Gasteiger partial charge in [0.1, 0.15) is 6.33 Å². The molecule has 1 fully saturated rings. The first-order valence-corrected chi connectivity index (χ1v) is 7.96. The Bertz CT molecular complexity index is 897. The lowest BCUT2D eigenvalue weighted by Gasteiger charge is -2.19. The molecular formula is C16H19N7O. The van der Waals surface area contributed by atoms with Crippen LogP contribution in [0.2, 0.25) is 0 Å². The fourth-order valence-corrected chi connectivity index (χ4v) is 3.15. The molecule has 8 nitrogen and oxygen atoms in total. The van der Waals surface area contributed by atoms with Crippen LogP contribution < -0.4 is 10.2 Å². The first-order valence-electron chi connectivity index (χ1n) is 7.96. The Morgan fingerprint density at radius 1 is 1.42 bits per heavy atom. The van der Waals surface area contributed by atoms with Crippen molar-refractivity contribution in [2.24, 2.45) is 7.05 Å². The van der Waals surface area contributed by atoms with Crippen molar-refractivity contribution in [1.29, 1.82) is 0 Å². The summed E-state index contributed by atoms with van der Waals surface area (Å²) in [5.74, 6) is 0.943. The molecule has 3 aromatic rings. The molecule has 4 rings (SSSR count). The predicted molar refractivity (Wildman–Crippen MR) is 89.0 cm³/mol. The Balaban J connectivity index is 1.50. The van der Waals surface area contributed by atoms with Crippen molar-refractivity contribution in [3.8, 4) is 0 Å². The molecule has 0 aliphatic carbocycles. The van der Waals surface area contributed by atoms with E-state index in [1.165, 1.54) is 11.0 Å². The Hall–Kier alpha value is -2.90. The highest BCUT2D eigenvalue weighted by Crippen LogP contribution is 2.24. The van der Waals surface area contributed by atoms with Gasteiger partial charge in [0.2, 0.25) is 5.82 Å². The van der Waals surface area contributed by atoms with E-state index in [0.29, 0.717) is 0 Å². The molecule has 1 atom stereocenters. The van der Waals surface area contributed by atoms with E-state index in [1.807, 2.05) is 25.4 Å². The van der Waals surface area contributed by atoms with E-state index in [4.69, 9.17) is 4.98 Å². The summed E-state index contributed by atoms with van der Waals surface area (Å²) in [5.41, 5.74) is 2.05. The average Bonchev–Trinajstić information content (AvgIpc) is 3.26. The van der Waals surface area contributed by atoms with Gasteiger partial charge < -0.3 is 14.6 Å². The second-order valence-electron chi connectivity index (χ2n) is 6.15. The zero-order valence-electron chi connectivity index (χ0n) is 13.7. The second kappa shape index (κ2) is 5.63. The van der Waals surface area contributed by atoms with E-state index in [1.54, 1.807) is 7.05 Å². The van der Waals surface area contributed by atoms with Crippen LogP contribution in [0.25, 0.3) is 5.52 Å². The van der Waals surface area contributed by atoms with Crippen LogP contribution >= 0.6 is 0 Å². The molecule has 8 heteroatoms. The van der Waals surface area contributed by atoms with E-state index in [9.17, 15) is 4.79 Å². The smallest absolute Gasteiger partial charge is 0.291 e. The maximum Gasteiger partial charge on any atom is 0.291 e. The standard InChI is InChI=1S/C16H19N7O/c1-11-8-22-6-3-4-13(22)15(18-11)23-7-5-12(9-23)19-16(24)14-17-10-21(2)20-14/h3-4,6,8,10,12H,5,7,9H2,1-2H3,(H,19,24). The van der Waals surface area contributed by atoms with E-state index in [0.717, 1.165) is 36.5 Å². The molecule has 1 aliphatic heterocycles. The summed E-state index contributed by atoms with van der Waals surface area (Å²) in [6.07, 6.45) is 6.44. The molecule has 1 N–H and O–H groups in total. The Labute approximate surface area is 139 Å². The molecule has 124 valence electrons. The van der Waals surface area contributed by atoms with Gasteiger partial charge in [0, 0.05) is 38.6 Å². The molecule has 0 aromatic carbocycles. The molecule has 0 saturated carbocycles. The minimum Gasteiger partial charge on any atom is -0.353 e. The van der Waals surface area contributed by atoms with E-state index >= 15 is 0 Å². The Morgan fingerprint density at radius 3 is 3.08 bits per heavy atom. The number of hydrogen-bond donors (Lipinski definition) is 1. The summed E-state index contributed by atoms with van der Waals surface area (Å²) in [6, 6.07) is 4.15. The highest BCUT2D eigenvalue weighted by atomic mass is 16.2. The normalized spacial score (nSPS) is 17.6. The summed E-state index contributed by atoms with van der Waals surface area (Å²) >= 11 is 0. The van der Waals surface area contributed by atoms with Gasteiger partial charge in [-0.1, -0.05) is 0 Å². The van der Waals surface area contributed by atoms with Crippen LogP contribution in [0.4, 0.5) is 5.82 Å². The van der Waals surface area contributed by atoms with Gasteiger partial charge in [0.15, 0.2) is 5.82 Å². The van der Waals surface area contributed by atoms with Crippen molar-refractivity contribution in [3.05, 3.63) is 42.4 Å². The lowest BCUT2D eigenvalue weighted by Crippen LogP contribution is -2.37. The molecule has 1 aliphatic rings. The van der Waals surface area contributed by atoms with Gasteiger partial charge in [-0.15, -0.1) is 5.10 Å². The van der Waals surface area contributed by atoms with Crippen LogP contribution in [0, 0.1) is 6.92 Å². The molecule has 0 spiro atoms. The monoisotopic (exact) mass is 325 g/mol. The minimum absolute atomic E-state index is 0.0682. The van der Waals surface area contributed by atoms with Gasteiger partial charge in [0.25, 0.3) is 5.91 Å². The first-order chi connectivity index (χ1) is 11.6. The van der Waals surface area contributed by atoms with Crippen LogP contribution in [0.15, 0.2) is 30.9 Å². The van der Waals surface area contributed by atoms with Crippen molar-refractivity contribution in [2.45, 2.75) is 19.4 Å². The van der Waals surface area contributed by atoms with Crippen molar-refractivity contribution in [3.63, 3.8) is 0 Å². The lowest BCUT2D eigenvalue weighted by molar-refractivity contribution is 0.0929. The van der Waals surface area contributed by atoms with Gasteiger partial charge in [-0.2, -0.15) is 0 Å². The van der Waals surface area contributed by atoms with Crippen LogP contribution in [0.1, 0.15) is 22.7 Å². The molecule has 0 radical (unpaired) electrons. The SMILES string of the molecule is Cc1cn2cccc2c(N2CCC(NC(=O)c3ncn(C)n3)C2)n1. The zero-order chi connectivity index (χ0) is 16.7. The quantitative estimate of drug-likeness (QED) is 0.770. The van der Waals surface area contributed by atoms with Gasteiger partial charge in [-0.05, 0) is 25.5 Å². The molecule has 24 heavy (non-hydrogen) atoms. The molecule has 1 saturated heterocycles. The lowest BCUT2D eigenvalue weighted by atomic mass is 10.2. The second-order valence-corrected chi connectivity index (χ2v) is 6.15. The zero-order valence-corrected chi connectivity index (χ0v) is 13.7. The van der Waals surface area contributed by atoms with E-state index < -0.39 is 0 Å². The van der Waals surface area contributed by atoms with Gasteiger partial charge in [-0.3, -0.25) is 9.48 Å². The Kier molecular flexibility index (Phi) is 3.44. The number of hydrogen-bond acceptors (Lipinski definition) is 5. The summed E-state index contributed by atoms with van der Waals surface area (Å²) in [4.78, 5) is 23.1. The molecule has 3 aromatic heterocycles. The highest BCUT2D eigenvalue weighted by Gasteiger charge is 2.27. The summed E-state index contributed by atoms with van der Waals surface area (Å²) in [7, 11) is 1.74. The number of carbonyl (C=O) groups excluding carboxylic acids is 1. The van der Waals surface area contributed by atoms with E-state index in [-0.39, 0.29) is 17.8 Å². The fourth-order valence-electron chi connectivity index (χ4n) is 3.15. The van der Waals surface area contributed by atoms with Crippen molar-refractivity contribution in [2.75, 3.05) is 18.0 Å². The summed E-state index contributed by atoms with van der Waals surface area (Å²) in [5, 5.41) is 7.05. The third kappa shape index (κ3) is 2.60. The number of rotatable bonds is 3. The summed E-state index contributed by atoms with van der Waals surface area (Å²) in [6.45, 7) is 3.58. The van der Waals surface area contributed by atoms with Crippen LogP contribution in [-0.4, -0.2) is 49.2 Å². The number of carbonyl (C=O) groups is 1. The third-order valence-electron chi connectivity index (χ3n) is 4.24. The number of aromatic nitrogens is 5. The van der Waals surface area contributed by atoms with Gasteiger partial charge in [-0.25, -0.2) is 9.97 Å². The molecule has 4 heterocycles. The molecule has 1 unspecified atom stereocenters. The topological polar surface area (TPSA) is 80.4 Å². The maximum absolute atomic E-state index is 12.2. The van der Waals surface area contributed by atoms with E-state index in [2.05, 4.69) is 30.8 Å². The number of aryl methyl sites for hydroxylation is 2. The number of amides is 1. The number of nitrogens with zero attached hydrogens (tertiary/aromatic N) is 6. The first kappa shape index (κ1) is 14.7. The Morgan fingerprint density at radius 2 is 2.29 bits per heavy atom. The van der Waals surface area contributed by atoms with Crippen molar-refractivity contribution in [1.82, 2.24) is 29.5 Å². The van der Waals surface area contributed by atoms with Gasteiger partial charge in [0.05, 0.1) is 11.2 Å². The highest BCUT2D eigenvalue weighted by molar-refractivity contribution is 5.90. The summed E-state index contributed by atoms with van der Waals surface area (Å²) < 4.78 is 3.61. The van der Waals surface area contributed by atoms with Crippen molar-refractivity contribution >= 4 is 17.2 Å². The molecule has 1 amide bonds. The third-order valence-corrected chi connectivity index (χ3v) is 4.24. The minimum atomic E-state index is -0.229. The van der Waals surface area contributed by atoms with Crippen LogP contribution in [0.5, 0.6) is 0 Å². The van der Waals surface area contributed by atoms with Crippen LogP contribution in [-0.2, 0) is 7.05 Å². The molecular weight excluding hydrogens is 306 g/mol. The van der Waals surface area contributed by atoms with Crippen molar-refractivity contribution < 1.29 is 4.79 Å².